The van der Waals surface area contributed by atoms with Gasteiger partial charge in [-0.15, -0.1) is 0 Å². The smallest absolute Gasteiger partial charge is 0.255 e. The quantitative estimate of drug-likeness (QED) is 0.426. The van der Waals surface area contributed by atoms with Gasteiger partial charge >= 0.3 is 0 Å². The van der Waals surface area contributed by atoms with Crippen LogP contribution in [0.15, 0.2) is 85.3 Å². The van der Waals surface area contributed by atoms with Crippen molar-refractivity contribution in [2.24, 2.45) is 0 Å². The minimum Gasteiger partial charge on any atom is -0.397 e. The molecule has 0 spiro atoms. The molecule has 4 N–H and O–H groups in total. The number of para-hydroxylation sites is 2. The number of carbonyl (C=O) groups excluding carboxylic acids is 1. The molecule has 2 aromatic heterocycles. The molecular formula is C23H20N6O. The SMILES string of the molecule is Nc1ccccc1NC(=O)c1ccc(CNc2ccnc(-c3cccnc3)n2)cc1. The Bertz CT molecular complexity index is 1150. The highest BCUT2D eigenvalue weighted by atomic mass is 16.1. The molecule has 0 aliphatic rings. The predicted octanol–water partition coefficient (Wildman–Crippen LogP) is 3.99. The van der Waals surface area contributed by atoms with E-state index >= 15 is 0 Å². The van der Waals surface area contributed by atoms with E-state index in [9.17, 15) is 4.79 Å². The molecule has 7 heteroatoms. The van der Waals surface area contributed by atoms with Crippen molar-refractivity contribution < 1.29 is 4.79 Å². The number of hydrogen-bond donors (Lipinski definition) is 3. The lowest BCUT2D eigenvalue weighted by Gasteiger charge is -2.09. The Balaban J connectivity index is 1.38. The summed E-state index contributed by atoms with van der Waals surface area (Å²) in [5, 5.41) is 6.10. The van der Waals surface area contributed by atoms with Crippen molar-refractivity contribution >= 4 is 23.1 Å². The second-order valence-electron chi connectivity index (χ2n) is 6.60. The molecule has 0 aliphatic carbocycles. The van der Waals surface area contributed by atoms with E-state index < -0.39 is 0 Å². The number of nitrogens with one attached hydrogen (secondary N) is 2. The Labute approximate surface area is 174 Å². The molecule has 4 aromatic rings. The number of nitrogen functional groups attached to an aromatic ring is 1. The van der Waals surface area contributed by atoms with E-state index in [1.165, 1.54) is 0 Å². The Kier molecular flexibility index (Phi) is 5.61. The first-order valence-corrected chi connectivity index (χ1v) is 9.41. The standard InChI is InChI=1S/C23H20N6O/c24-19-5-1-2-6-20(19)28-23(30)17-9-7-16(8-10-17)14-27-21-11-13-26-22(29-21)18-4-3-12-25-15-18/h1-13,15H,14,24H2,(H,28,30)(H,26,27,29). The van der Waals surface area contributed by atoms with E-state index in [4.69, 9.17) is 5.73 Å². The fraction of sp³-hybridized carbons (Fsp3) is 0.0435. The highest BCUT2D eigenvalue weighted by Gasteiger charge is 2.08. The summed E-state index contributed by atoms with van der Waals surface area (Å²) in [5.41, 5.74) is 9.44. The number of pyridine rings is 1. The van der Waals surface area contributed by atoms with Gasteiger partial charge in [-0.2, -0.15) is 0 Å². The fourth-order valence-electron chi connectivity index (χ4n) is 2.86. The lowest BCUT2D eigenvalue weighted by molar-refractivity contribution is 0.102. The van der Waals surface area contributed by atoms with Gasteiger partial charge in [0, 0.05) is 36.3 Å². The molecule has 0 fully saturated rings. The van der Waals surface area contributed by atoms with Gasteiger partial charge in [0.25, 0.3) is 5.91 Å². The molecule has 7 nitrogen and oxygen atoms in total. The molecule has 2 heterocycles. The minimum atomic E-state index is -0.204. The second kappa shape index (κ2) is 8.83. The second-order valence-corrected chi connectivity index (χ2v) is 6.60. The summed E-state index contributed by atoms with van der Waals surface area (Å²) in [6, 6.07) is 20.1. The number of rotatable bonds is 6. The average molecular weight is 396 g/mol. The molecule has 2 aromatic carbocycles. The maximum Gasteiger partial charge on any atom is 0.255 e. The molecule has 0 unspecified atom stereocenters. The molecule has 0 saturated carbocycles. The van der Waals surface area contributed by atoms with Crippen molar-refractivity contribution in [1.29, 1.82) is 0 Å². The molecule has 0 saturated heterocycles. The van der Waals surface area contributed by atoms with Crippen LogP contribution in [0.5, 0.6) is 0 Å². The maximum atomic E-state index is 12.4. The predicted molar refractivity (Wildman–Crippen MR) is 118 cm³/mol. The molecule has 1 amide bonds. The fourth-order valence-corrected chi connectivity index (χ4v) is 2.86. The van der Waals surface area contributed by atoms with Crippen LogP contribution in [0, 0.1) is 0 Å². The van der Waals surface area contributed by atoms with Gasteiger partial charge < -0.3 is 16.4 Å². The zero-order chi connectivity index (χ0) is 20.8. The van der Waals surface area contributed by atoms with Crippen LogP contribution < -0.4 is 16.4 Å². The Morgan fingerprint density at radius 1 is 0.933 bits per heavy atom. The third-order valence-corrected chi connectivity index (χ3v) is 4.47. The van der Waals surface area contributed by atoms with Crippen molar-refractivity contribution in [1.82, 2.24) is 15.0 Å². The van der Waals surface area contributed by atoms with Crippen LogP contribution in [-0.2, 0) is 6.54 Å². The van der Waals surface area contributed by atoms with Crippen molar-refractivity contribution in [3.8, 4) is 11.4 Å². The number of anilines is 3. The number of carbonyl (C=O) groups is 1. The summed E-state index contributed by atoms with van der Waals surface area (Å²) in [6.45, 7) is 0.566. The first-order chi connectivity index (χ1) is 14.7. The monoisotopic (exact) mass is 396 g/mol. The van der Waals surface area contributed by atoms with Crippen molar-refractivity contribution in [2.45, 2.75) is 6.54 Å². The molecule has 0 bridgehead atoms. The van der Waals surface area contributed by atoms with E-state index in [-0.39, 0.29) is 5.91 Å². The number of nitrogens with two attached hydrogens (primary N) is 1. The summed E-state index contributed by atoms with van der Waals surface area (Å²) in [4.78, 5) is 25.3. The van der Waals surface area contributed by atoms with Crippen LogP contribution in [0.1, 0.15) is 15.9 Å². The Hall–Kier alpha value is -4.26. The van der Waals surface area contributed by atoms with Crippen molar-refractivity contribution in [2.75, 3.05) is 16.4 Å². The van der Waals surface area contributed by atoms with Gasteiger partial charge in [-0.25, -0.2) is 9.97 Å². The van der Waals surface area contributed by atoms with Crippen LogP contribution in [0.3, 0.4) is 0 Å². The Morgan fingerprint density at radius 2 is 1.77 bits per heavy atom. The van der Waals surface area contributed by atoms with Gasteiger partial charge in [0.1, 0.15) is 5.82 Å². The van der Waals surface area contributed by atoms with Gasteiger partial charge in [0.05, 0.1) is 11.4 Å². The number of nitrogens with zero attached hydrogens (tertiary/aromatic N) is 3. The van der Waals surface area contributed by atoms with Gasteiger partial charge in [-0.1, -0.05) is 24.3 Å². The number of amides is 1. The van der Waals surface area contributed by atoms with E-state index in [0.717, 1.165) is 11.1 Å². The minimum absolute atomic E-state index is 0.204. The van der Waals surface area contributed by atoms with Gasteiger partial charge in [0.2, 0.25) is 0 Å². The number of benzene rings is 2. The van der Waals surface area contributed by atoms with Crippen molar-refractivity contribution in [3.63, 3.8) is 0 Å². The number of aromatic nitrogens is 3. The van der Waals surface area contributed by atoms with E-state index in [2.05, 4.69) is 25.6 Å². The topological polar surface area (TPSA) is 106 Å². The van der Waals surface area contributed by atoms with Crippen LogP contribution in [0.4, 0.5) is 17.2 Å². The first kappa shape index (κ1) is 19.1. The summed E-state index contributed by atoms with van der Waals surface area (Å²) < 4.78 is 0. The van der Waals surface area contributed by atoms with Gasteiger partial charge in [-0.3, -0.25) is 9.78 Å². The third-order valence-electron chi connectivity index (χ3n) is 4.47. The van der Waals surface area contributed by atoms with Crippen LogP contribution in [-0.4, -0.2) is 20.9 Å². The molecule has 0 atom stereocenters. The van der Waals surface area contributed by atoms with Crippen LogP contribution >= 0.6 is 0 Å². The highest BCUT2D eigenvalue weighted by molar-refractivity contribution is 6.05. The molecule has 30 heavy (non-hydrogen) atoms. The van der Waals surface area contributed by atoms with E-state index in [1.807, 2.05) is 42.5 Å². The summed E-state index contributed by atoms with van der Waals surface area (Å²) in [7, 11) is 0. The zero-order valence-corrected chi connectivity index (χ0v) is 16.1. The molecule has 0 aliphatic heterocycles. The molecule has 4 rings (SSSR count). The van der Waals surface area contributed by atoms with Crippen LogP contribution in [0.2, 0.25) is 0 Å². The average Bonchev–Trinajstić information content (AvgIpc) is 2.80. The molecule has 148 valence electrons. The molecular weight excluding hydrogens is 376 g/mol. The van der Waals surface area contributed by atoms with Crippen molar-refractivity contribution in [3.05, 3.63) is 96.4 Å². The maximum absolute atomic E-state index is 12.4. The zero-order valence-electron chi connectivity index (χ0n) is 16.1. The highest BCUT2D eigenvalue weighted by Crippen LogP contribution is 2.18. The van der Waals surface area contributed by atoms with Crippen LogP contribution in [0.25, 0.3) is 11.4 Å². The lowest BCUT2D eigenvalue weighted by Crippen LogP contribution is -2.13. The Morgan fingerprint density at radius 3 is 2.53 bits per heavy atom. The largest absolute Gasteiger partial charge is 0.397 e. The van der Waals surface area contributed by atoms with Gasteiger partial charge in [-0.05, 0) is 48.0 Å². The van der Waals surface area contributed by atoms with E-state index in [0.29, 0.717) is 35.1 Å². The summed E-state index contributed by atoms with van der Waals surface area (Å²) >= 11 is 0. The number of hydrogen-bond acceptors (Lipinski definition) is 6. The normalized spacial score (nSPS) is 10.4. The first-order valence-electron chi connectivity index (χ1n) is 9.41. The van der Waals surface area contributed by atoms with E-state index in [1.54, 1.807) is 42.9 Å². The molecule has 0 radical (unpaired) electrons. The lowest BCUT2D eigenvalue weighted by atomic mass is 10.1. The summed E-state index contributed by atoms with van der Waals surface area (Å²) in [6.07, 6.45) is 5.15. The third kappa shape index (κ3) is 4.59. The van der Waals surface area contributed by atoms with Gasteiger partial charge in [0.15, 0.2) is 5.82 Å². The summed E-state index contributed by atoms with van der Waals surface area (Å²) in [5.74, 6) is 1.12.